The van der Waals surface area contributed by atoms with Crippen molar-refractivity contribution in [2.24, 2.45) is 11.8 Å². The summed E-state index contributed by atoms with van der Waals surface area (Å²) in [4.78, 5) is 14.3. The molecule has 2 nitrogen and oxygen atoms in total. The smallest absolute Gasteiger partial charge is 0.172 e. The fraction of sp³-hybridized carbons (Fsp3) is 0.588. The molecule has 1 heterocycles. The number of quaternary nitrogens is 1. The van der Waals surface area contributed by atoms with E-state index in [0.717, 1.165) is 18.5 Å². The van der Waals surface area contributed by atoms with E-state index in [1.807, 2.05) is 12.1 Å². The molecule has 0 amide bonds. The zero-order chi connectivity index (χ0) is 13.2. The van der Waals surface area contributed by atoms with Crippen LogP contribution in [-0.4, -0.2) is 25.4 Å². The average molecular weight is 294 g/mol. The Morgan fingerprint density at radius 1 is 1.15 bits per heavy atom. The van der Waals surface area contributed by atoms with Crippen LogP contribution in [0.1, 0.15) is 42.1 Å². The lowest BCUT2D eigenvalue weighted by molar-refractivity contribution is -0.907. The van der Waals surface area contributed by atoms with Crippen LogP contribution in [0.3, 0.4) is 0 Å². The van der Waals surface area contributed by atoms with Gasteiger partial charge in [-0.05, 0) is 37.2 Å². The van der Waals surface area contributed by atoms with Crippen molar-refractivity contribution in [2.45, 2.75) is 32.6 Å². The highest BCUT2D eigenvalue weighted by atomic mass is 35.5. The Balaban J connectivity index is 0.00000147. The molecule has 110 valence electrons. The summed E-state index contributed by atoms with van der Waals surface area (Å²) in [7, 11) is 0. The second kappa shape index (κ2) is 6.73. The highest BCUT2D eigenvalue weighted by Gasteiger charge is 2.35. The number of hydrogen-bond donors (Lipinski definition) is 1. The van der Waals surface area contributed by atoms with Crippen LogP contribution in [0.2, 0.25) is 0 Å². The zero-order valence-electron chi connectivity index (χ0n) is 12.2. The molecule has 1 aromatic rings. The van der Waals surface area contributed by atoms with Crippen LogP contribution in [-0.2, 0) is 6.42 Å². The minimum Gasteiger partial charge on any atom is -1.00 e. The Hall–Kier alpha value is -0.860. The largest absolute Gasteiger partial charge is 1.00 e. The maximum Gasteiger partial charge on any atom is 0.172 e. The molecule has 1 aliphatic carbocycles. The number of rotatable bonds is 2. The van der Waals surface area contributed by atoms with Crippen molar-refractivity contribution < 1.29 is 22.1 Å². The topological polar surface area (TPSA) is 21.5 Å². The fourth-order valence-electron chi connectivity index (χ4n) is 3.75. The van der Waals surface area contributed by atoms with Crippen LogP contribution in [0.25, 0.3) is 0 Å². The van der Waals surface area contributed by atoms with Crippen molar-refractivity contribution in [1.82, 2.24) is 0 Å². The molecule has 0 saturated carbocycles. The van der Waals surface area contributed by atoms with Gasteiger partial charge < -0.3 is 17.3 Å². The normalized spacial score (nSPS) is 26.8. The van der Waals surface area contributed by atoms with Gasteiger partial charge in [0.05, 0.1) is 25.6 Å². The van der Waals surface area contributed by atoms with E-state index < -0.39 is 0 Å². The SMILES string of the molecule is CC1Cc2ccccc2C(=O)C1C[NH+]1CCCCC1.[Cl-]. The molecule has 3 rings (SSSR count). The van der Waals surface area contributed by atoms with E-state index in [0.29, 0.717) is 11.7 Å². The van der Waals surface area contributed by atoms with Crippen molar-refractivity contribution in [3.05, 3.63) is 35.4 Å². The number of ketones is 1. The lowest BCUT2D eigenvalue weighted by atomic mass is 9.75. The van der Waals surface area contributed by atoms with Crippen LogP contribution in [0.5, 0.6) is 0 Å². The molecule has 2 atom stereocenters. The molecule has 1 saturated heterocycles. The maximum atomic E-state index is 12.7. The third-order valence-electron chi connectivity index (χ3n) is 4.92. The summed E-state index contributed by atoms with van der Waals surface area (Å²) >= 11 is 0. The molecule has 1 aliphatic heterocycles. The van der Waals surface area contributed by atoms with Crippen molar-refractivity contribution >= 4 is 5.78 Å². The summed E-state index contributed by atoms with van der Waals surface area (Å²) in [5, 5.41) is 0. The van der Waals surface area contributed by atoms with Crippen LogP contribution >= 0.6 is 0 Å². The van der Waals surface area contributed by atoms with Gasteiger partial charge in [0.2, 0.25) is 0 Å². The lowest BCUT2D eigenvalue weighted by Gasteiger charge is -2.33. The van der Waals surface area contributed by atoms with Crippen LogP contribution in [0, 0.1) is 11.8 Å². The molecule has 20 heavy (non-hydrogen) atoms. The van der Waals surface area contributed by atoms with Gasteiger partial charge in [-0.1, -0.05) is 31.2 Å². The van der Waals surface area contributed by atoms with E-state index in [2.05, 4.69) is 19.1 Å². The van der Waals surface area contributed by atoms with Gasteiger partial charge in [0.15, 0.2) is 5.78 Å². The highest BCUT2D eigenvalue weighted by Crippen LogP contribution is 2.29. The van der Waals surface area contributed by atoms with Gasteiger partial charge in [-0.2, -0.15) is 0 Å². The molecule has 1 fully saturated rings. The number of fused-ring (bicyclic) bond motifs is 1. The maximum absolute atomic E-state index is 12.7. The van der Waals surface area contributed by atoms with Gasteiger partial charge in [0.25, 0.3) is 0 Å². The molecular weight excluding hydrogens is 270 g/mol. The monoisotopic (exact) mass is 293 g/mol. The standard InChI is InChI=1S/C17H23NO.ClH/c1-13-11-14-7-3-4-8-15(14)17(19)16(13)12-18-9-5-2-6-10-18;/h3-4,7-8,13,16H,2,5-6,9-12H2,1H3;1H. The summed E-state index contributed by atoms with van der Waals surface area (Å²) in [5.41, 5.74) is 2.24. The van der Waals surface area contributed by atoms with Gasteiger partial charge in [-0.3, -0.25) is 4.79 Å². The minimum absolute atomic E-state index is 0. The van der Waals surface area contributed by atoms with E-state index in [1.54, 1.807) is 4.90 Å². The Labute approximate surface area is 128 Å². The zero-order valence-corrected chi connectivity index (χ0v) is 13.0. The van der Waals surface area contributed by atoms with Crippen molar-refractivity contribution in [1.29, 1.82) is 0 Å². The van der Waals surface area contributed by atoms with Crippen molar-refractivity contribution in [3.8, 4) is 0 Å². The summed E-state index contributed by atoms with van der Waals surface area (Å²) in [6.07, 6.45) is 5.11. The Kier molecular flexibility index (Phi) is 5.22. The molecule has 0 aromatic heterocycles. The number of nitrogens with one attached hydrogen (secondary N) is 1. The fourth-order valence-corrected chi connectivity index (χ4v) is 3.75. The van der Waals surface area contributed by atoms with Gasteiger partial charge in [-0.15, -0.1) is 0 Å². The average Bonchev–Trinajstić information content (AvgIpc) is 2.45. The molecule has 0 spiro atoms. The van der Waals surface area contributed by atoms with E-state index in [1.165, 1.54) is 37.9 Å². The quantitative estimate of drug-likeness (QED) is 0.723. The van der Waals surface area contributed by atoms with Crippen LogP contribution in [0.15, 0.2) is 24.3 Å². The molecule has 0 radical (unpaired) electrons. The molecule has 2 aliphatic rings. The number of benzene rings is 1. The summed E-state index contributed by atoms with van der Waals surface area (Å²) < 4.78 is 0. The first-order valence-electron chi connectivity index (χ1n) is 7.71. The summed E-state index contributed by atoms with van der Waals surface area (Å²) in [6, 6.07) is 8.18. The van der Waals surface area contributed by atoms with Gasteiger partial charge in [0.1, 0.15) is 0 Å². The number of piperidine rings is 1. The number of carbonyl (C=O) groups excluding carboxylic acids is 1. The lowest BCUT2D eigenvalue weighted by Crippen LogP contribution is -3.13. The number of hydrogen-bond acceptors (Lipinski definition) is 1. The number of Topliss-reactive ketones (excluding diaryl/α,β-unsaturated/α-hetero) is 1. The Bertz CT molecular complexity index is 468. The van der Waals surface area contributed by atoms with Gasteiger partial charge in [-0.25, -0.2) is 0 Å². The predicted molar refractivity (Wildman–Crippen MR) is 76.5 cm³/mol. The molecule has 3 heteroatoms. The Morgan fingerprint density at radius 3 is 2.60 bits per heavy atom. The summed E-state index contributed by atoms with van der Waals surface area (Å²) in [5.74, 6) is 1.13. The first kappa shape index (κ1) is 15.5. The summed E-state index contributed by atoms with van der Waals surface area (Å²) in [6.45, 7) is 5.83. The number of carbonyl (C=O) groups is 1. The second-order valence-corrected chi connectivity index (χ2v) is 6.32. The third kappa shape index (κ3) is 3.07. The number of likely N-dealkylation sites (tertiary alicyclic amines) is 1. The molecule has 1 N–H and O–H groups in total. The van der Waals surface area contributed by atoms with Crippen LogP contribution in [0.4, 0.5) is 0 Å². The third-order valence-corrected chi connectivity index (χ3v) is 4.92. The molecular formula is C17H24ClNO. The van der Waals surface area contributed by atoms with Crippen LogP contribution < -0.4 is 17.3 Å². The van der Waals surface area contributed by atoms with Crippen molar-refractivity contribution in [3.63, 3.8) is 0 Å². The van der Waals surface area contributed by atoms with E-state index in [4.69, 9.17) is 0 Å². The number of halogens is 1. The highest BCUT2D eigenvalue weighted by molar-refractivity contribution is 6.00. The van der Waals surface area contributed by atoms with E-state index >= 15 is 0 Å². The minimum atomic E-state index is 0. The van der Waals surface area contributed by atoms with Crippen molar-refractivity contribution in [2.75, 3.05) is 19.6 Å². The van der Waals surface area contributed by atoms with Gasteiger partial charge in [0, 0.05) is 5.56 Å². The molecule has 0 bridgehead atoms. The molecule has 1 aromatic carbocycles. The Morgan fingerprint density at radius 2 is 1.85 bits per heavy atom. The second-order valence-electron chi connectivity index (χ2n) is 6.32. The van der Waals surface area contributed by atoms with Gasteiger partial charge >= 0.3 is 0 Å². The first-order valence-corrected chi connectivity index (χ1v) is 7.71. The van der Waals surface area contributed by atoms with E-state index in [-0.39, 0.29) is 18.3 Å². The molecule has 2 unspecified atom stereocenters. The predicted octanol–water partition coefficient (Wildman–Crippen LogP) is -1.25. The first-order chi connectivity index (χ1) is 9.25. The van der Waals surface area contributed by atoms with E-state index in [9.17, 15) is 4.79 Å².